The third kappa shape index (κ3) is 11.1. The van der Waals surface area contributed by atoms with Crippen LogP contribution < -0.4 is 25.0 Å². The van der Waals surface area contributed by atoms with Crippen molar-refractivity contribution in [3.8, 4) is 17.2 Å². The monoisotopic (exact) mass is 792 g/mol. The van der Waals surface area contributed by atoms with Gasteiger partial charge in [0.1, 0.15) is 47.2 Å². The minimum atomic E-state index is -1.05. The number of hydrogen-bond acceptors (Lipinski definition) is 8. The molecule has 52 heavy (non-hydrogen) atoms. The summed E-state index contributed by atoms with van der Waals surface area (Å²) in [6, 6.07) is 24.9. The van der Waals surface area contributed by atoms with Crippen molar-refractivity contribution in [2.45, 2.75) is 45.0 Å². The Bertz CT molecular complexity index is 1810. The van der Waals surface area contributed by atoms with E-state index in [0.717, 1.165) is 28.9 Å². The van der Waals surface area contributed by atoms with E-state index >= 15 is 0 Å². The number of para-hydroxylation sites is 4. The molecule has 1 aliphatic rings. The van der Waals surface area contributed by atoms with Crippen molar-refractivity contribution in [3.63, 3.8) is 0 Å². The van der Waals surface area contributed by atoms with Crippen LogP contribution in [0.2, 0.25) is 5.02 Å². The highest BCUT2D eigenvalue weighted by molar-refractivity contribution is 6.54. The topological polar surface area (TPSA) is 137 Å². The molecule has 2 N–H and O–H groups in total. The maximum Gasteiger partial charge on any atom is 0.293 e. The Labute approximate surface area is 323 Å². The first-order chi connectivity index (χ1) is 24.9. The number of carbonyl (C=O) groups is 2. The molecule has 4 aromatic rings. The van der Waals surface area contributed by atoms with E-state index in [9.17, 15) is 19.7 Å². The van der Waals surface area contributed by atoms with Crippen LogP contribution in [0.3, 0.4) is 0 Å². The van der Waals surface area contributed by atoms with Gasteiger partial charge in [-0.1, -0.05) is 90.3 Å². The number of ether oxygens (including phenoxy) is 3. The Balaban J connectivity index is 0.000000211. The quantitative estimate of drug-likeness (QED) is 0.0552. The van der Waals surface area contributed by atoms with Gasteiger partial charge in [0.15, 0.2) is 4.84 Å². The summed E-state index contributed by atoms with van der Waals surface area (Å²) in [6.07, 6.45) is 0.870. The fourth-order valence-corrected chi connectivity index (χ4v) is 5.62. The van der Waals surface area contributed by atoms with Crippen LogP contribution >= 0.6 is 46.4 Å². The molecule has 4 aromatic carbocycles. The van der Waals surface area contributed by atoms with Gasteiger partial charge < -0.3 is 24.8 Å². The van der Waals surface area contributed by atoms with Gasteiger partial charge in [0.2, 0.25) is 5.91 Å². The Morgan fingerprint density at radius 2 is 1.71 bits per heavy atom. The average molecular weight is 795 g/mol. The normalized spacial score (nSPS) is 13.0. The van der Waals surface area contributed by atoms with Crippen LogP contribution in [-0.4, -0.2) is 53.4 Å². The predicted molar refractivity (Wildman–Crippen MR) is 209 cm³/mol. The van der Waals surface area contributed by atoms with Gasteiger partial charge in [-0.25, -0.2) is 0 Å². The second kappa shape index (κ2) is 20.7. The second-order valence-electron chi connectivity index (χ2n) is 11.1. The minimum Gasteiger partial charge on any atom is -0.489 e. The standard InChI is InChI=1S/C14H20ClNO2.C12H9ClN2O3.C11H11Cl2NO2/c1-4-12-8-6-7-11(3)14(12)16(10-18-5-2)13(17)9-15;13-11-10(18-8-4-2-1-3-5-8)7-6-9(12(11)14)15(16)17;1-7-6-16-9-5-3-2-4-8(9)14(7)11(15)10(12)13/h6-8H,4-5,9-10H2,1-3H3;1-7H,14H2;2-5,7,10H,6H2,1H3. The molecule has 11 nitrogen and oxygen atoms in total. The highest BCUT2D eigenvalue weighted by atomic mass is 35.5. The summed E-state index contributed by atoms with van der Waals surface area (Å²) in [7, 11) is 0. The lowest BCUT2D eigenvalue weighted by atomic mass is 10.0. The van der Waals surface area contributed by atoms with Crippen molar-refractivity contribution in [3.05, 3.63) is 111 Å². The van der Waals surface area contributed by atoms with Crippen LogP contribution in [0.4, 0.5) is 22.7 Å². The van der Waals surface area contributed by atoms with Gasteiger partial charge in [-0.05, 0) is 68.7 Å². The van der Waals surface area contributed by atoms with Crippen LogP contribution in [0.15, 0.2) is 84.9 Å². The summed E-state index contributed by atoms with van der Waals surface area (Å²) in [4.78, 5) is 36.1. The van der Waals surface area contributed by atoms with Crippen molar-refractivity contribution in [2.75, 3.05) is 41.4 Å². The summed E-state index contributed by atoms with van der Waals surface area (Å²) in [5.41, 5.74) is 9.09. The lowest BCUT2D eigenvalue weighted by Crippen LogP contribution is -2.47. The molecule has 0 bridgehead atoms. The number of nitrogen functional groups attached to an aromatic ring is 1. The van der Waals surface area contributed by atoms with Crippen LogP contribution in [0.25, 0.3) is 0 Å². The van der Waals surface area contributed by atoms with Crippen LogP contribution in [0, 0.1) is 17.0 Å². The van der Waals surface area contributed by atoms with Gasteiger partial charge in [0.25, 0.3) is 11.6 Å². The summed E-state index contributed by atoms with van der Waals surface area (Å²) in [6.45, 7) is 9.13. The maximum atomic E-state index is 12.0. The fourth-order valence-electron chi connectivity index (χ4n) is 5.07. The zero-order valence-electron chi connectivity index (χ0n) is 29.1. The van der Waals surface area contributed by atoms with E-state index in [1.807, 2.05) is 69.3 Å². The fraction of sp³-hybridized carbons (Fsp3) is 0.297. The van der Waals surface area contributed by atoms with Crippen LogP contribution in [-0.2, 0) is 20.7 Å². The van der Waals surface area contributed by atoms with Gasteiger partial charge in [-0.2, -0.15) is 0 Å². The number of carbonyl (C=O) groups excluding carboxylic acids is 2. The number of nitro benzene ring substituents is 1. The van der Waals surface area contributed by atoms with Gasteiger partial charge in [-0.3, -0.25) is 24.6 Å². The Hall–Kier alpha value is -4.26. The van der Waals surface area contributed by atoms with E-state index in [2.05, 4.69) is 6.92 Å². The Morgan fingerprint density at radius 1 is 1.04 bits per heavy atom. The number of hydrogen-bond donors (Lipinski definition) is 1. The smallest absolute Gasteiger partial charge is 0.293 e. The molecule has 0 radical (unpaired) electrons. The summed E-state index contributed by atoms with van der Waals surface area (Å²) in [5.74, 6) is 1.06. The molecule has 0 aliphatic carbocycles. The van der Waals surface area contributed by atoms with Crippen molar-refractivity contribution in [2.24, 2.45) is 0 Å². The van der Waals surface area contributed by atoms with Gasteiger partial charge in [0, 0.05) is 12.7 Å². The largest absolute Gasteiger partial charge is 0.489 e. The zero-order chi connectivity index (χ0) is 38.4. The maximum absolute atomic E-state index is 12.0. The highest BCUT2D eigenvalue weighted by Crippen LogP contribution is 2.39. The van der Waals surface area contributed by atoms with Crippen molar-refractivity contribution < 1.29 is 28.7 Å². The van der Waals surface area contributed by atoms with E-state index < -0.39 is 9.76 Å². The van der Waals surface area contributed by atoms with E-state index in [1.165, 1.54) is 12.1 Å². The second-order valence-corrected chi connectivity index (χ2v) is 12.9. The first kappa shape index (κ1) is 42.2. The number of amides is 2. The lowest BCUT2D eigenvalue weighted by Gasteiger charge is -2.35. The number of anilines is 3. The number of nitro groups is 1. The molecular formula is C37H40Cl4N4O7. The van der Waals surface area contributed by atoms with Crippen molar-refractivity contribution >= 4 is 81.0 Å². The summed E-state index contributed by atoms with van der Waals surface area (Å²) < 4.78 is 16.4. The van der Waals surface area contributed by atoms with Gasteiger partial charge >= 0.3 is 0 Å². The molecule has 1 unspecified atom stereocenters. The molecular weight excluding hydrogens is 754 g/mol. The Morgan fingerprint density at radius 3 is 2.33 bits per heavy atom. The lowest BCUT2D eigenvalue weighted by molar-refractivity contribution is -0.383. The highest BCUT2D eigenvalue weighted by Gasteiger charge is 2.32. The number of fused-ring (bicyclic) bond motifs is 1. The average Bonchev–Trinajstić information content (AvgIpc) is 3.14. The predicted octanol–water partition coefficient (Wildman–Crippen LogP) is 9.35. The Kier molecular flexibility index (Phi) is 16.8. The van der Waals surface area contributed by atoms with Crippen LogP contribution in [0.1, 0.15) is 31.9 Å². The molecule has 0 fully saturated rings. The third-order valence-electron chi connectivity index (χ3n) is 7.57. The zero-order valence-corrected chi connectivity index (χ0v) is 32.1. The van der Waals surface area contributed by atoms with Gasteiger partial charge in [-0.15, -0.1) is 11.6 Å². The number of halogens is 4. The molecule has 2 amide bonds. The summed E-state index contributed by atoms with van der Waals surface area (Å²) >= 11 is 22.9. The first-order valence-corrected chi connectivity index (χ1v) is 17.9. The SMILES string of the molecule is CC1COc2ccccc2N1C(=O)C(Cl)Cl.CCOCN(C(=O)CCl)c1c(C)cccc1CC.Nc1c([N+](=O)[O-])ccc(Oc2ccccc2)c1Cl. The van der Waals surface area contributed by atoms with E-state index in [1.54, 1.807) is 34.1 Å². The molecule has 15 heteroatoms. The number of rotatable bonds is 10. The number of alkyl halides is 3. The van der Waals surface area contributed by atoms with E-state index in [4.69, 9.17) is 66.3 Å². The van der Waals surface area contributed by atoms with Crippen LogP contribution in [0.5, 0.6) is 17.2 Å². The molecule has 1 atom stereocenters. The third-order valence-corrected chi connectivity index (χ3v) is 8.56. The number of nitrogens with two attached hydrogens (primary N) is 1. The van der Waals surface area contributed by atoms with Crippen molar-refractivity contribution in [1.29, 1.82) is 0 Å². The van der Waals surface area contributed by atoms with E-state index in [0.29, 0.717) is 24.7 Å². The minimum absolute atomic E-state index is 0.0352. The molecule has 0 aromatic heterocycles. The summed E-state index contributed by atoms with van der Waals surface area (Å²) in [5, 5.41) is 10.7. The molecule has 0 spiro atoms. The number of aryl methyl sites for hydroxylation is 2. The molecule has 1 heterocycles. The molecule has 0 saturated heterocycles. The number of nitrogens with zero attached hydrogens (tertiary/aromatic N) is 3. The van der Waals surface area contributed by atoms with E-state index in [-0.39, 0.29) is 52.6 Å². The number of benzene rings is 4. The van der Waals surface area contributed by atoms with Gasteiger partial charge in [0.05, 0.1) is 22.3 Å². The molecule has 0 saturated carbocycles. The van der Waals surface area contributed by atoms with Crippen molar-refractivity contribution in [1.82, 2.24) is 0 Å². The first-order valence-electron chi connectivity index (χ1n) is 16.2. The molecule has 278 valence electrons. The molecule has 5 rings (SSSR count). The molecule has 1 aliphatic heterocycles.